The Morgan fingerprint density at radius 1 is 1.47 bits per heavy atom. The second kappa shape index (κ2) is 9.23. The monoisotopic (exact) mass is 449 g/mol. The van der Waals surface area contributed by atoms with Crippen molar-refractivity contribution >= 4 is 47.0 Å². The number of nitrogens with zero attached hydrogens (tertiary/aromatic N) is 2. The Hall–Kier alpha value is -2.97. The van der Waals surface area contributed by atoms with Gasteiger partial charge in [-0.3, -0.25) is 14.5 Å². The molecule has 2 atom stereocenters. The molecule has 1 aromatic rings. The Morgan fingerprint density at radius 2 is 2.23 bits per heavy atom. The largest absolute Gasteiger partial charge is 0.477 e. The molecule has 2 aliphatic heterocycles. The highest BCUT2D eigenvalue weighted by molar-refractivity contribution is 8.00. The van der Waals surface area contributed by atoms with Gasteiger partial charge in [-0.15, -0.1) is 29.5 Å². The van der Waals surface area contributed by atoms with Crippen LogP contribution in [0.1, 0.15) is 4.88 Å². The third kappa shape index (κ3) is 4.44. The Morgan fingerprint density at radius 3 is 2.87 bits per heavy atom. The third-order valence-electron chi connectivity index (χ3n) is 4.49. The van der Waals surface area contributed by atoms with Crippen LogP contribution >= 0.6 is 23.1 Å². The van der Waals surface area contributed by atoms with E-state index in [-0.39, 0.29) is 36.9 Å². The summed E-state index contributed by atoms with van der Waals surface area (Å²) in [4.78, 5) is 51.7. The van der Waals surface area contributed by atoms with Crippen molar-refractivity contribution < 1.29 is 29.0 Å². The lowest BCUT2D eigenvalue weighted by atomic mass is 10.0. The zero-order chi connectivity index (χ0) is 21.8. The Bertz CT molecular complexity index is 937. The zero-order valence-corrected chi connectivity index (χ0v) is 17.6. The summed E-state index contributed by atoms with van der Waals surface area (Å²) in [7, 11) is 1.46. The molecule has 0 aliphatic carbocycles. The predicted molar refractivity (Wildman–Crippen MR) is 111 cm³/mol. The first-order valence-corrected chi connectivity index (χ1v) is 10.8. The molecule has 0 spiro atoms. The average Bonchev–Trinajstić information content (AvgIpc) is 3.22. The van der Waals surface area contributed by atoms with Crippen LogP contribution in [0.5, 0.6) is 0 Å². The van der Waals surface area contributed by atoms with Gasteiger partial charge in [0.2, 0.25) is 5.91 Å². The first kappa shape index (κ1) is 21.7. The van der Waals surface area contributed by atoms with Crippen molar-refractivity contribution in [1.29, 1.82) is 0 Å². The molecule has 0 bridgehead atoms. The van der Waals surface area contributed by atoms with E-state index >= 15 is 0 Å². The smallest absolute Gasteiger partial charge is 0.410 e. The predicted octanol–water partition coefficient (Wildman–Crippen LogP) is 0.731. The van der Waals surface area contributed by atoms with Gasteiger partial charge in [0.25, 0.3) is 5.91 Å². The molecule has 2 aliphatic rings. The maximum absolute atomic E-state index is 12.6. The van der Waals surface area contributed by atoms with Crippen LogP contribution in [0.3, 0.4) is 0 Å². The summed E-state index contributed by atoms with van der Waals surface area (Å²) in [6, 6.07) is 2.87. The molecular weight excluding hydrogens is 430 g/mol. The number of thiophene rings is 1. The van der Waals surface area contributed by atoms with Crippen molar-refractivity contribution in [3.8, 4) is 12.3 Å². The van der Waals surface area contributed by atoms with E-state index in [1.807, 2.05) is 17.5 Å². The van der Waals surface area contributed by atoms with Crippen LogP contribution in [-0.4, -0.2) is 76.2 Å². The van der Waals surface area contributed by atoms with E-state index in [1.165, 1.54) is 35.0 Å². The van der Waals surface area contributed by atoms with Crippen LogP contribution in [-0.2, 0) is 25.5 Å². The number of carboxylic acids is 1. The topological polar surface area (TPSA) is 116 Å². The molecule has 1 saturated heterocycles. The summed E-state index contributed by atoms with van der Waals surface area (Å²) in [6.07, 6.45) is 4.62. The number of β-lactam (4-membered cyclic amide) rings is 1. The van der Waals surface area contributed by atoms with Gasteiger partial charge in [-0.1, -0.05) is 12.0 Å². The molecule has 0 saturated carbocycles. The zero-order valence-electron chi connectivity index (χ0n) is 16.0. The van der Waals surface area contributed by atoms with Gasteiger partial charge in [0.15, 0.2) is 0 Å². The summed E-state index contributed by atoms with van der Waals surface area (Å²) in [5.41, 5.74) is 0.0998. The number of terminal acetylenes is 1. The number of aliphatic carboxylic acids is 1. The molecule has 1 aromatic heterocycles. The summed E-state index contributed by atoms with van der Waals surface area (Å²) in [5, 5.41) is 13.7. The van der Waals surface area contributed by atoms with Crippen molar-refractivity contribution in [2.24, 2.45) is 0 Å². The van der Waals surface area contributed by atoms with E-state index in [0.29, 0.717) is 5.57 Å². The highest BCUT2D eigenvalue weighted by Crippen LogP contribution is 2.40. The lowest BCUT2D eigenvalue weighted by Crippen LogP contribution is -2.70. The number of rotatable bonds is 7. The van der Waals surface area contributed by atoms with Gasteiger partial charge in [-0.2, -0.15) is 0 Å². The quantitative estimate of drug-likeness (QED) is 0.466. The van der Waals surface area contributed by atoms with Gasteiger partial charge in [0.1, 0.15) is 23.7 Å². The minimum Gasteiger partial charge on any atom is -0.477 e. The van der Waals surface area contributed by atoms with E-state index in [0.717, 1.165) is 9.78 Å². The molecule has 0 unspecified atom stereocenters. The molecular formula is C19H19N3O6S2. The number of ether oxygens (including phenoxy) is 1. The molecule has 11 heteroatoms. The molecule has 3 heterocycles. The number of fused-ring (bicyclic) bond motifs is 1. The number of carbonyl (C=O) groups excluding carboxylic acids is 3. The number of carboxylic acid groups (broad SMARTS) is 1. The second-order valence-electron chi connectivity index (χ2n) is 6.58. The number of hydrogen-bond donors (Lipinski definition) is 2. The molecule has 3 rings (SSSR count). The lowest BCUT2D eigenvalue weighted by molar-refractivity contribution is -0.150. The molecule has 30 heavy (non-hydrogen) atoms. The standard InChI is InChI=1S/C19H19N3O6S2/c1-3-6-21(2)19(27)28-9-11-10-30-17-14(16(24)22(17)15(11)18(25)26)20-13(23)8-12-5-4-7-29-12/h1,4-5,7,14,17H,6,8-10H2,2H3,(H,20,23)(H,25,26)/t14-,17-/m1/s1. The summed E-state index contributed by atoms with van der Waals surface area (Å²) in [5.74, 6) is 0.461. The van der Waals surface area contributed by atoms with E-state index in [9.17, 15) is 24.3 Å². The Balaban J connectivity index is 1.65. The second-order valence-corrected chi connectivity index (χ2v) is 8.72. The molecule has 158 valence electrons. The maximum Gasteiger partial charge on any atom is 0.410 e. The van der Waals surface area contributed by atoms with E-state index in [2.05, 4.69) is 11.2 Å². The maximum atomic E-state index is 12.6. The van der Waals surface area contributed by atoms with E-state index < -0.39 is 29.4 Å². The van der Waals surface area contributed by atoms with Crippen molar-refractivity contribution in [2.75, 3.05) is 26.0 Å². The average molecular weight is 450 g/mol. The Kier molecular flexibility index (Phi) is 6.69. The number of hydrogen-bond acceptors (Lipinski definition) is 7. The number of carbonyl (C=O) groups is 4. The molecule has 1 fully saturated rings. The van der Waals surface area contributed by atoms with Crippen molar-refractivity contribution in [1.82, 2.24) is 15.1 Å². The number of nitrogens with one attached hydrogen (secondary N) is 1. The fourth-order valence-corrected chi connectivity index (χ4v) is 5.08. The molecule has 0 radical (unpaired) electrons. The number of thioether (sulfide) groups is 1. The van der Waals surface area contributed by atoms with Gasteiger partial charge in [-0.25, -0.2) is 9.59 Å². The molecule has 2 N–H and O–H groups in total. The summed E-state index contributed by atoms with van der Waals surface area (Å²) >= 11 is 2.75. The fraction of sp³-hybridized carbons (Fsp3) is 0.368. The van der Waals surface area contributed by atoms with Crippen molar-refractivity contribution in [2.45, 2.75) is 17.8 Å². The van der Waals surface area contributed by atoms with Gasteiger partial charge < -0.3 is 20.1 Å². The third-order valence-corrected chi connectivity index (χ3v) is 6.71. The molecule has 0 aromatic carbocycles. The van der Waals surface area contributed by atoms with Crippen LogP contribution in [0, 0.1) is 12.3 Å². The highest BCUT2D eigenvalue weighted by Gasteiger charge is 2.54. The first-order chi connectivity index (χ1) is 14.3. The van der Waals surface area contributed by atoms with Crippen LogP contribution in [0.15, 0.2) is 28.8 Å². The van der Waals surface area contributed by atoms with Crippen LogP contribution < -0.4 is 5.32 Å². The molecule has 9 nitrogen and oxygen atoms in total. The van der Waals surface area contributed by atoms with Gasteiger partial charge >= 0.3 is 12.1 Å². The fourth-order valence-electron chi connectivity index (χ4n) is 3.05. The van der Waals surface area contributed by atoms with Crippen LogP contribution in [0.4, 0.5) is 4.79 Å². The summed E-state index contributed by atoms with van der Waals surface area (Å²) < 4.78 is 5.12. The van der Waals surface area contributed by atoms with Gasteiger partial charge in [-0.05, 0) is 11.4 Å². The Labute approximate surface area is 181 Å². The normalized spacial score (nSPS) is 20.0. The first-order valence-electron chi connectivity index (χ1n) is 8.86. The minimum atomic E-state index is -1.29. The highest BCUT2D eigenvalue weighted by atomic mass is 32.2. The van der Waals surface area contributed by atoms with E-state index in [1.54, 1.807) is 0 Å². The van der Waals surface area contributed by atoms with Gasteiger partial charge in [0, 0.05) is 23.3 Å². The molecule has 3 amide bonds. The number of amides is 3. The van der Waals surface area contributed by atoms with Crippen molar-refractivity contribution in [3.63, 3.8) is 0 Å². The van der Waals surface area contributed by atoms with E-state index in [4.69, 9.17) is 11.2 Å². The lowest BCUT2D eigenvalue weighted by Gasteiger charge is -2.49. The van der Waals surface area contributed by atoms with Crippen LogP contribution in [0.25, 0.3) is 0 Å². The van der Waals surface area contributed by atoms with Gasteiger partial charge in [0.05, 0.1) is 13.0 Å². The SMILES string of the molecule is C#CCN(C)C(=O)OCC1=C(C(=O)O)N2C(=O)[C@@H](NC(=O)Cc3cccs3)[C@H]2SC1. The minimum absolute atomic E-state index is 0.0535. The summed E-state index contributed by atoms with van der Waals surface area (Å²) in [6.45, 7) is -0.216. The van der Waals surface area contributed by atoms with Crippen molar-refractivity contribution in [3.05, 3.63) is 33.7 Å². The van der Waals surface area contributed by atoms with Crippen LogP contribution in [0.2, 0.25) is 0 Å².